The van der Waals surface area contributed by atoms with Crippen LogP contribution in [0.3, 0.4) is 0 Å². The number of hydrogen-bond donors (Lipinski definition) is 0. The van der Waals surface area contributed by atoms with Gasteiger partial charge in [-0.1, -0.05) is 41.1 Å². The Morgan fingerprint density at radius 2 is 1.90 bits per heavy atom. The third kappa shape index (κ3) is 4.94. The third-order valence-corrected chi connectivity index (χ3v) is 9.41. The van der Waals surface area contributed by atoms with Gasteiger partial charge in [0.1, 0.15) is 6.04 Å². The molecule has 4 aromatic rings. The molecule has 0 fully saturated rings. The monoisotopic (exact) mass is 671 g/mol. The van der Waals surface area contributed by atoms with Crippen molar-refractivity contribution in [1.82, 2.24) is 9.13 Å². The van der Waals surface area contributed by atoms with E-state index in [1.165, 1.54) is 20.5 Å². The lowest BCUT2D eigenvalue weighted by atomic mass is 9.96. The molecule has 0 saturated heterocycles. The lowest BCUT2D eigenvalue weighted by molar-refractivity contribution is -0.139. The van der Waals surface area contributed by atoms with Crippen molar-refractivity contribution in [2.24, 2.45) is 4.99 Å². The number of ether oxygens (including phenoxy) is 1. The van der Waals surface area contributed by atoms with Crippen molar-refractivity contribution in [2.45, 2.75) is 40.7 Å². The van der Waals surface area contributed by atoms with Crippen molar-refractivity contribution >= 4 is 57.6 Å². The molecule has 39 heavy (non-hydrogen) atoms. The van der Waals surface area contributed by atoms with E-state index in [9.17, 15) is 9.59 Å². The first-order chi connectivity index (χ1) is 18.6. The minimum absolute atomic E-state index is 0.213. The summed E-state index contributed by atoms with van der Waals surface area (Å²) in [6.07, 6.45) is 1.91. The van der Waals surface area contributed by atoms with Gasteiger partial charge >= 0.3 is 5.97 Å². The van der Waals surface area contributed by atoms with Crippen LogP contribution in [0, 0.1) is 24.3 Å². The molecule has 9 heteroatoms. The van der Waals surface area contributed by atoms with Gasteiger partial charge in [-0.15, -0.1) is 0 Å². The molecule has 6 nitrogen and oxygen atoms in total. The van der Waals surface area contributed by atoms with Crippen molar-refractivity contribution < 1.29 is 9.53 Å². The van der Waals surface area contributed by atoms with Crippen molar-refractivity contribution in [2.75, 3.05) is 6.61 Å². The van der Waals surface area contributed by atoms with Crippen LogP contribution < -0.4 is 14.9 Å². The summed E-state index contributed by atoms with van der Waals surface area (Å²) in [5.41, 5.74) is 6.59. The van der Waals surface area contributed by atoms with Crippen LogP contribution in [0.25, 0.3) is 11.8 Å². The number of thiazole rings is 1. The molecule has 1 aliphatic rings. The van der Waals surface area contributed by atoms with Gasteiger partial charge in [0.15, 0.2) is 4.80 Å². The molecule has 3 heterocycles. The van der Waals surface area contributed by atoms with Crippen LogP contribution in [-0.2, 0) is 9.53 Å². The Morgan fingerprint density at radius 3 is 2.59 bits per heavy atom. The number of carbonyl (C=O) groups excluding carboxylic acids is 1. The van der Waals surface area contributed by atoms with Gasteiger partial charge in [-0.2, -0.15) is 0 Å². The standard InChI is InChI=1S/C30H27ClIN3O3S/c1-6-38-29(37)26-18(4)33-30-35(27(26)22-9-7-8-10-23(22)31)28(36)25(39-30)15-20-14-17(3)34(19(20)5)21-11-12-24(32)16(2)13-21/h7-15,27H,6H2,1-5H3/b25-15-/t27-/m1/s1. The van der Waals surface area contributed by atoms with Crippen LogP contribution in [0.1, 0.15) is 48.0 Å². The molecule has 0 amide bonds. The summed E-state index contributed by atoms with van der Waals surface area (Å²) in [7, 11) is 0. The Morgan fingerprint density at radius 1 is 1.15 bits per heavy atom. The van der Waals surface area contributed by atoms with Crippen molar-refractivity contribution in [3.63, 3.8) is 0 Å². The van der Waals surface area contributed by atoms with Gasteiger partial charge in [-0.05, 0) is 110 Å². The third-order valence-electron chi connectivity index (χ3n) is 6.87. The maximum atomic E-state index is 14.0. The summed E-state index contributed by atoms with van der Waals surface area (Å²) in [6, 6.07) is 15.0. The molecule has 2 aromatic heterocycles. The fraction of sp³-hybridized carbons (Fsp3) is 0.233. The SMILES string of the molecule is CCOC(=O)C1=C(C)N=c2s/c(=C\c3cc(C)n(-c4ccc(I)c(C)c4)c3C)c(=O)n2[C@@H]1c1ccccc1Cl. The number of halogens is 2. The van der Waals surface area contributed by atoms with Crippen molar-refractivity contribution in [3.8, 4) is 5.69 Å². The number of esters is 1. The molecule has 2 aromatic carbocycles. The molecule has 0 aliphatic carbocycles. The number of nitrogens with zero attached hydrogens (tertiary/aromatic N) is 3. The second kappa shape index (κ2) is 10.9. The predicted molar refractivity (Wildman–Crippen MR) is 165 cm³/mol. The number of rotatable bonds is 5. The number of aromatic nitrogens is 2. The summed E-state index contributed by atoms with van der Waals surface area (Å²) < 4.78 is 10.9. The van der Waals surface area contributed by atoms with Crippen LogP contribution in [0.4, 0.5) is 0 Å². The van der Waals surface area contributed by atoms with Gasteiger partial charge in [0, 0.05) is 25.7 Å². The normalized spacial score (nSPS) is 15.4. The second-order valence-electron chi connectivity index (χ2n) is 9.42. The van der Waals surface area contributed by atoms with E-state index >= 15 is 0 Å². The highest BCUT2D eigenvalue weighted by molar-refractivity contribution is 14.1. The molecule has 0 radical (unpaired) electrons. The Hall–Kier alpha value is -2.95. The molecule has 0 N–H and O–H groups in total. The Kier molecular flexibility index (Phi) is 7.72. The van der Waals surface area contributed by atoms with Crippen LogP contribution in [0.15, 0.2) is 69.6 Å². The van der Waals surface area contributed by atoms with Gasteiger partial charge in [0.25, 0.3) is 5.56 Å². The molecule has 1 atom stereocenters. The fourth-order valence-corrected chi connectivity index (χ4v) is 6.63. The van der Waals surface area contributed by atoms with E-state index in [2.05, 4.69) is 77.2 Å². The lowest BCUT2D eigenvalue weighted by Gasteiger charge is -2.25. The highest BCUT2D eigenvalue weighted by atomic mass is 127. The summed E-state index contributed by atoms with van der Waals surface area (Å²) in [5.74, 6) is -0.505. The van der Waals surface area contributed by atoms with E-state index in [1.54, 1.807) is 24.5 Å². The average Bonchev–Trinajstić information content (AvgIpc) is 3.34. The first-order valence-corrected chi connectivity index (χ1v) is 14.8. The van der Waals surface area contributed by atoms with Gasteiger partial charge < -0.3 is 9.30 Å². The molecule has 0 saturated carbocycles. The topological polar surface area (TPSA) is 65.6 Å². The first kappa shape index (κ1) is 27.6. The maximum absolute atomic E-state index is 14.0. The van der Waals surface area contributed by atoms with E-state index in [4.69, 9.17) is 16.3 Å². The van der Waals surface area contributed by atoms with E-state index < -0.39 is 12.0 Å². The van der Waals surface area contributed by atoms with Crippen molar-refractivity contribution in [1.29, 1.82) is 0 Å². The zero-order chi connectivity index (χ0) is 28.0. The van der Waals surface area contributed by atoms with Crippen LogP contribution in [0.2, 0.25) is 5.02 Å². The number of aryl methyl sites for hydroxylation is 2. The number of allylic oxidation sites excluding steroid dienone is 1. The van der Waals surface area contributed by atoms with Crippen LogP contribution >= 0.6 is 45.5 Å². The molecule has 0 spiro atoms. The molecule has 0 bridgehead atoms. The van der Waals surface area contributed by atoms with E-state index in [1.807, 2.05) is 24.3 Å². The maximum Gasteiger partial charge on any atom is 0.338 e. The van der Waals surface area contributed by atoms with Crippen LogP contribution in [0.5, 0.6) is 0 Å². The molecular formula is C30H27ClIN3O3S. The van der Waals surface area contributed by atoms with Gasteiger partial charge in [-0.25, -0.2) is 9.79 Å². The summed E-state index contributed by atoms with van der Waals surface area (Å²) in [6.45, 7) is 9.95. The minimum atomic E-state index is -0.738. The summed E-state index contributed by atoms with van der Waals surface area (Å²) >= 11 is 10.2. The van der Waals surface area contributed by atoms with Crippen molar-refractivity contribution in [3.05, 3.63) is 116 Å². The fourth-order valence-electron chi connectivity index (χ4n) is 5.02. The largest absolute Gasteiger partial charge is 0.463 e. The molecule has 5 rings (SSSR count). The van der Waals surface area contributed by atoms with Crippen LogP contribution in [-0.4, -0.2) is 21.7 Å². The predicted octanol–water partition coefficient (Wildman–Crippen LogP) is 5.77. The number of benzene rings is 2. The average molecular weight is 672 g/mol. The number of fused-ring (bicyclic) bond motifs is 1. The molecule has 200 valence electrons. The highest BCUT2D eigenvalue weighted by Crippen LogP contribution is 2.34. The summed E-state index contributed by atoms with van der Waals surface area (Å²) in [4.78, 5) is 32.2. The number of hydrogen-bond acceptors (Lipinski definition) is 5. The molecule has 0 unspecified atom stereocenters. The van der Waals surface area contributed by atoms with Gasteiger partial charge in [-0.3, -0.25) is 9.36 Å². The molecule has 1 aliphatic heterocycles. The Labute approximate surface area is 249 Å². The lowest BCUT2D eigenvalue weighted by Crippen LogP contribution is -2.40. The zero-order valence-electron chi connectivity index (χ0n) is 22.2. The quantitative estimate of drug-likeness (QED) is 0.200. The van der Waals surface area contributed by atoms with E-state index in [0.717, 1.165) is 22.6 Å². The highest BCUT2D eigenvalue weighted by Gasteiger charge is 2.34. The second-order valence-corrected chi connectivity index (χ2v) is 12.0. The summed E-state index contributed by atoms with van der Waals surface area (Å²) in [5, 5.41) is 0.463. The van der Waals surface area contributed by atoms with E-state index in [0.29, 0.717) is 31.2 Å². The Balaban J connectivity index is 1.70. The molecular weight excluding hydrogens is 645 g/mol. The van der Waals surface area contributed by atoms with E-state index in [-0.39, 0.29) is 12.2 Å². The zero-order valence-corrected chi connectivity index (χ0v) is 25.9. The minimum Gasteiger partial charge on any atom is -0.463 e. The Bertz CT molecular complexity index is 1850. The van der Waals surface area contributed by atoms with Gasteiger partial charge in [0.05, 0.1) is 22.4 Å². The first-order valence-electron chi connectivity index (χ1n) is 12.5. The number of carbonyl (C=O) groups is 1. The van der Waals surface area contributed by atoms with Gasteiger partial charge in [0.2, 0.25) is 0 Å². The smallest absolute Gasteiger partial charge is 0.338 e.